The first kappa shape index (κ1) is 18.0. The monoisotopic (exact) mass is 386 g/mol. The fourth-order valence-corrected chi connectivity index (χ4v) is 4.91. The molecule has 2 heterocycles. The lowest BCUT2D eigenvalue weighted by molar-refractivity contribution is 0.281. The number of nitrogens with one attached hydrogen (secondary N) is 1. The molecule has 0 bridgehead atoms. The van der Waals surface area contributed by atoms with Gasteiger partial charge in [-0.05, 0) is 55.9 Å². The van der Waals surface area contributed by atoms with Crippen LogP contribution in [0.1, 0.15) is 38.3 Å². The molecule has 1 N–H and O–H groups in total. The van der Waals surface area contributed by atoms with Crippen LogP contribution in [-0.2, 0) is 10.0 Å². The minimum atomic E-state index is -3.49. The highest BCUT2D eigenvalue weighted by atomic mass is 32.2. The van der Waals surface area contributed by atoms with E-state index in [9.17, 15) is 13.7 Å². The van der Waals surface area contributed by atoms with E-state index in [4.69, 9.17) is 4.42 Å². The predicted octanol–water partition coefficient (Wildman–Crippen LogP) is 3.21. The van der Waals surface area contributed by atoms with Gasteiger partial charge in [-0.3, -0.25) is 0 Å². The summed E-state index contributed by atoms with van der Waals surface area (Å²) in [5.41, 5.74) is 0.859. The molecule has 8 heteroatoms. The second-order valence-corrected chi connectivity index (χ2v) is 9.30. The van der Waals surface area contributed by atoms with Gasteiger partial charge in [0.05, 0.1) is 4.90 Å². The maximum absolute atomic E-state index is 12.8. The van der Waals surface area contributed by atoms with E-state index in [1.807, 2.05) is 6.07 Å². The predicted molar refractivity (Wildman–Crippen MR) is 100 cm³/mol. The first-order valence-corrected chi connectivity index (χ1v) is 10.7. The smallest absolute Gasteiger partial charge is 0.243 e. The molecule has 1 aromatic carbocycles. The summed E-state index contributed by atoms with van der Waals surface area (Å²) in [7, 11) is -3.49. The summed E-state index contributed by atoms with van der Waals surface area (Å²) in [6.07, 6.45) is 4.07. The minimum Gasteiger partial charge on any atom is -0.419 e. The number of nitrogens with zero attached hydrogens (tertiary/aromatic N) is 3. The van der Waals surface area contributed by atoms with Crippen molar-refractivity contribution in [3.63, 3.8) is 0 Å². The van der Waals surface area contributed by atoms with Crippen LogP contribution in [0.15, 0.2) is 33.6 Å². The Morgan fingerprint density at radius 2 is 2.00 bits per heavy atom. The number of aromatic nitrogens is 1. The fraction of sp³-hybridized carbons (Fsp3) is 0.474. The molecule has 2 aromatic rings. The number of sulfonamides is 1. The summed E-state index contributed by atoms with van der Waals surface area (Å²) in [6.45, 7) is 3.20. The van der Waals surface area contributed by atoms with Crippen LogP contribution >= 0.6 is 0 Å². The molecule has 7 nitrogen and oxygen atoms in total. The van der Waals surface area contributed by atoms with Crippen LogP contribution < -0.4 is 5.32 Å². The van der Waals surface area contributed by atoms with Crippen molar-refractivity contribution in [2.45, 2.75) is 43.5 Å². The van der Waals surface area contributed by atoms with Crippen LogP contribution in [0, 0.1) is 17.2 Å². The van der Waals surface area contributed by atoms with Crippen LogP contribution in [0.25, 0.3) is 11.5 Å². The first-order valence-electron chi connectivity index (χ1n) is 9.25. The Morgan fingerprint density at radius 3 is 2.63 bits per heavy atom. The van der Waals surface area contributed by atoms with E-state index in [-0.39, 0.29) is 10.6 Å². The lowest BCUT2D eigenvalue weighted by Gasteiger charge is -2.30. The summed E-state index contributed by atoms with van der Waals surface area (Å²) in [5.74, 6) is 1.07. The van der Waals surface area contributed by atoms with E-state index < -0.39 is 10.0 Å². The number of piperidine rings is 1. The van der Waals surface area contributed by atoms with Crippen LogP contribution in [0.4, 0.5) is 5.88 Å². The van der Waals surface area contributed by atoms with Crippen LogP contribution in [-0.4, -0.2) is 36.8 Å². The Bertz CT molecular complexity index is 971. The third-order valence-corrected chi connectivity index (χ3v) is 6.88. The molecule has 0 unspecified atom stereocenters. The zero-order valence-corrected chi connectivity index (χ0v) is 16.0. The van der Waals surface area contributed by atoms with E-state index >= 15 is 0 Å². The Labute approximate surface area is 159 Å². The fourth-order valence-electron chi connectivity index (χ4n) is 3.31. The van der Waals surface area contributed by atoms with Gasteiger partial charge < -0.3 is 9.73 Å². The molecular formula is C19H22N4O3S. The van der Waals surface area contributed by atoms with Gasteiger partial charge in [0.25, 0.3) is 0 Å². The van der Waals surface area contributed by atoms with Crippen molar-refractivity contribution in [3.8, 4) is 17.5 Å². The normalized spacial score (nSPS) is 21.0. The molecule has 2 aliphatic rings. The van der Waals surface area contributed by atoms with Gasteiger partial charge in [-0.1, -0.05) is 6.92 Å². The molecule has 1 aliphatic carbocycles. The molecule has 142 valence electrons. The van der Waals surface area contributed by atoms with E-state index in [1.165, 1.54) is 0 Å². The van der Waals surface area contributed by atoms with Crippen molar-refractivity contribution in [1.82, 2.24) is 9.29 Å². The van der Waals surface area contributed by atoms with E-state index in [1.54, 1.807) is 28.6 Å². The number of oxazole rings is 1. The highest BCUT2D eigenvalue weighted by Crippen LogP contribution is 2.31. The largest absolute Gasteiger partial charge is 0.419 e. The Kier molecular flexibility index (Phi) is 4.66. The molecule has 2 fully saturated rings. The van der Waals surface area contributed by atoms with Crippen molar-refractivity contribution in [2.75, 3.05) is 18.4 Å². The van der Waals surface area contributed by atoms with Gasteiger partial charge in [-0.2, -0.15) is 14.6 Å². The minimum absolute atomic E-state index is 0.218. The van der Waals surface area contributed by atoms with Crippen LogP contribution in [0.5, 0.6) is 0 Å². The topological polar surface area (TPSA) is 99.2 Å². The number of benzene rings is 1. The quantitative estimate of drug-likeness (QED) is 0.847. The van der Waals surface area contributed by atoms with Crippen molar-refractivity contribution >= 4 is 15.9 Å². The Hall–Kier alpha value is -2.37. The van der Waals surface area contributed by atoms with Crippen molar-refractivity contribution in [2.24, 2.45) is 5.92 Å². The average molecular weight is 386 g/mol. The van der Waals surface area contributed by atoms with Gasteiger partial charge in [-0.25, -0.2) is 8.42 Å². The molecule has 0 radical (unpaired) electrons. The zero-order chi connectivity index (χ0) is 19.0. The second kappa shape index (κ2) is 6.98. The number of hydrogen-bond acceptors (Lipinski definition) is 6. The number of hydrogen-bond donors (Lipinski definition) is 1. The molecule has 1 aliphatic heterocycles. The van der Waals surface area contributed by atoms with E-state index in [0.717, 1.165) is 25.7 Å². The third kappa shape index (κ3) is 3.70. The highest BCUT2D eigenvalue weighted by molar-refractivity contribution is 7.89. The van der Waals surface area contributed by atoms with Gasteiger partial charge in [0, 0.05) is 24.7 Å². The maximum Gasteiger partial charge on any atom is 0.243 e. The van der Waals surface area contributed by atoms with E-state index in [0.29, 0.717) is 42.4 Å². The van der Waals surface area contributed by atoms with Gasteiger partial charge in [0.1, 0.15) is 6.07 Å². The molecule has 4 rings (SSSR count). The highest BCUT2D eigenvalue weighted by Gasteiger charge is 2.29. The lowest BCUT2D eigenvalue weighted by atomic mass is 10.0. The summed E-state index contributed by atoms with van der Waals surface area (Å²) in [5, 5.41) is 12.4. The van der Waals surface area contributed by atoms with Gasteiger partial charge in [-0.15, -0.1) is 0 Å². The molecule has 1 atom stereocenters. The Morgan fingerprint density at radius 1 is 1.26 bits per heavy atom. The van der Waals surface area contributed by atoms with Crippen LogP contribution in [0.2, 0.25) is 0 Å². The first-order chi connectivity index (χ1) is 13.0. The van der Waals surface area contributed by atoms with Crippen molar-refractivity contribution in [3.05, 3.63) is 30.0 Å². The summed E-state index contributed by atoms with van der Waals surface area (Å²) >= 11 is 0. The van der Waals surface area contributed by atoms with E-state index in [2.05, 4.69) is 17.2 Å². The zero-order valence-electron chi connectivity index (χ0n) is 15.2. The third-order valence-electron chi connectivity index (χ3n) is 5.00. The van der Waals surface area contributed by atoms with Crippen LogP contribution in [0.3, 0.4) is 0 Å². The molecular weight excluding hydrogens is 364 g/mol. The van der Waals surface area contributed by atoms with Gasteiger partial charge in [0.2, 0.25) is 27.5 Å². The summed E-state index contributed by atoms with van der Waals surface area (Å²) < 4.78 is 33.0. The maximum atomic E-state index is 12.8. The SMILES string of the molecule is C[C@@H]1CCCN(S(=O)(=O)c2ccc(-c3nc(C#N)c(NC4CC4)o3)cc2)C1. The Balaban J connectivity index is 1.57. The number of anilines is 1. The molecule has 0 amide bonds. The number of rotatable bonds is 5. The molecule has 27 heavy (non-hydrogen) atoms. The average Bonchev–Trinajstić information content (AvgIpc) is 3.39. The van der Waals surface area contributed by atoms with Crippen molar-refractivity contribution in [1.29, 1.82) is 5.26 Å². The molecule has 0 spiro atoms. The standard InChI is InChI=1S/C19H22N4O3S/c1-13-3-2-10-23(12-13)27(24,25)16-8-4-14(5-9-16)18-22-17(11-20)19(26-18)21-15-6-7-15/h4-5,8-9,13,15,21H,2-3,6-7,10,12H2,1H3/t13-/m1/s1. The summed E-state index contributed by atoms with van der Waals surface area (Å²) in [6, 6.07) is 8.88. The second-order valence-electron chi connectivity index (χ2n) is 7.36. The number of nitriles is 1. The summed E-state index contributed by atoms with van der Waals surface area (Å²) in [4.78, 5) is 4.49. The van der Waals surface area contributed by atoms with Gasteiger partial charge in [0.15, 0.2) is 0 Å². The molecule has 1 saturated heterocycles. The van der Waals surface area contributed by atoms with Gasteiger partial charge >= 0.3 is 0 Å². The lowest BCUT2D eigenvalue weighted by Crippen LogP contribution is -2.39. The van der Waals surface area contributed by atoms with Crippen molar-refractivity contribution < 1.29 is 12.8 Å². The molecule has 1 saturated carbocycles. The molecule has 1 aromatic heterocycles.